The van der Waals surface area contributed by atoms with Gasteiger partial charge in [-0.15, -0.1) is 0 Å². The Balaban J connectivity index is 1.39. The molecule has 1 aliphatic carbocycles. The molecule has 0 saturated heterocycles. The number of aryl methyl sites for hydroxylation is 2. The summed E-state index contributed by atoms with van der Waals surface area (Å²) in [5, 5.41) is 10.2. The van der Waals surface area contributed by atoms with Crippen LogP contribution in [0.3, 0.4) is 0 Å². The standard InChI is InChI=1S/C33H21F5N2O2/c1-16-11-18(5-9-27(16)34)19-3-7-23(22(12-19)15-41)29-17(2)39-30-24-8-4-20(13-25(24)32(42)31(30)40-29)21-6-10-28(35)26(14-21)33(36,37)38/h3-14,41H,15H2,1-2H3. The Kier molecular flexibility index (Phi) is 6.50. The Labute approximate surface area is 237 Å². The Morgan fingerprint density at radius 3 is 1.93 bits per heavy atom. The van der Waals surface area contributed by atoms with Crippen molar-refractivity contribution in [2.45, 2.75) is 26.6 Å². The number of carbonyl (C=O) groups is 1. The van der Waals surface area contributed by atoms with Gasteiger partial charge in [0, 0.05) is 16.7 Å². The van der Waals surface area contributed by atoms with Crippen LogP contribution in [0.4, 0.5) is 22.0 Å². The van der Waals surface area contributed by atoms with Crippen molar-refractivity contribution in [2.75, 3.05) is 0 Å². The van der Waals surface area contributed by atoms with E-state index in [2.05, 4.69) is 9.97 Å². The number of benzene rings is 4. The number of aliphatic hydroxyl groups excluding tert-OH is 1. The minimum Gasteiger partial charge on any atom is -0.392 e. The van der Waals surface area contributed by atoms with Crippen LogP contribution in [-0.4, -0.2) is 20.9 Å². The van der Waals surface area contributed by atoms with E-state index in [1.165, 1.54) is 18.2 Å². The smallest absolute Gasteiger partial charge is 0.392 e. The second kappa shape index (κ2) is 9.95. The highest BCUT2D eigenvalue weighted by atomic mass is 19.4. The third-order valence-electron chi connectivity index (χ3n) is 7.43. The van der Waals surface area contributed by atoms with Crippen LogP contribution in [0.1, 0.15) is 38.4 Å². The number of fused-ring (bicyclic) bond motifs is 3. The third kappa shape index (κ3) is 4.55. The maximum Gasteiger partial charge on any atom is 0.419 e. The SMILES string of the molecule is Cc1cc(-c2ccc(-c3nc4c(nc3C)-c3ccc(-c5ccc(F)c(C(F)(F)F)c5)cc3C4=O)c(CO)c2)ccc1F. The Bertz CT molecular complexity index is 1930. The van der Waals surface area contributed by atoms with Crippen LogP contribution in [-0.2, 0) is 12.8 Å². The highest BCUT2D eigenvalue weighted by molar-refractivity contribution is 6.20. The van der Waals surface area contributed by atoms with Crippen molar-refractivity contribution in [3.05, 3.63) is 118 Å². The third-order valence-corrected chi connectivity index (χ3v) is 7.43. The average molecular weight is 573 g/mol. The van der Waals surface area contributed by atoms with Crippen LogP contribution >= 0.6 is 0 Å². The molecule has 42 heavy (non-hydrogen) atoms. The lowest BCUT2D eigenvalue weighted by atomic mass is 9.96. The summed E-state index contributed by atoms with van der Waals surface area (Å²) in [6.07, 6.45) is -4.87. The minimum atomic E-state index is -4.87. The van der Waals surface area contributed by atoms with Gasteiger partial charge in [0.2, 0.25) is 5.78 Å². The quantitative estimate of drug-likeness (QED) is 0.217. The number of halogens is 5. The molecule has 0 spiro atoms. The maximum absolute atomic E-state index is 13.8. The van der Waals surface area contributed by atoms with Gasteiger partial charge in [-0.2, -0.15) is 13.2 Å². The number of hydrogen-bond acceptors (Lipinski definition) is 4. The molecule has 1 N–H and O–H groups in total. The Morgan fingerprint density at radius 2 is 1.26 bits per heavy atom. The second-order valence-electron chi connectivity index (χ2n) is 10.1. The monoisotopic (exact) mass is 572 g/mol. The Morgan fingerprint density at radius 1 is 0.667 bits per heavy atom. The molecule has 0 atom stereocenters. The molecule has 0 aliphatic heterocycles. The zero-order valence-electron chi connectivity index (χ0n) is 22.3. The molecule has 6 rings (SSSR count). The van der Waals surface area contributed by atoms with E-state index in [4.69, 9.17) is 0 Å². The molecule has 0 amide bonds. The summed E-state index contributed by atoms with van der Waals surface area (Å²) in [4.78, 5) is 22.8. The van der Waals surface area contributed by atoms with Crippen LogP contribution in [0.2, 0.25) is 0 Å². The molecule has 5 aromatic rings. The van der Waals surface area contributed by atoms with Gasteiger partial charge in [-0.05, 0) is 83.6 Å². The summed E-state index contributed by atoms with van der Waals surface area (Å²) >= 11 is 0. The molecule has 0 saturated carbocycles. The van der Waals surface area contributed by atoms with Gasteiger partial charge in [0.15, 0.2) is 0 Å². The van der Waals surface area contributed by atoms with Gasteiger partial charge in [0.05, 0.1) is 23.6 Å². The minimum absolute atomic E-state index is 0.0833. The summed E-state index contributed by atoms with van der Waals surface area (Å²) in [6, 6.07) is 17.4. The molecule has 4 nitrogen and oxygen atoms in total. The van der Waals surface area contributed by atoms with Crippen molar-refractivity contribution in [1.82, 2.24) is 9.97 Å². The molecule has 9 heteroatoms. The van der Waals surface area contributed by atoms with Crippen LogP contribution in [0, 0.1) is 25.5 Å². The second-order valence-corrected chi connectivity index (χ2v) is 10.1. The highest BCUT2D eigenvalue weighted by Crippen LogP contribution is 2.40. The summed E-state index contributed by atoms with van der Waals surface area (Å²) in [5.74, 6) is -2.14. The predicted molar refractivity (Wildman–Crippen MR) is 148 cm³/mol. The van der Waals surface area contributed by atoms with Gasteiger partial charge in [0.1, 0.15) is 23.0 Å². The van der Waals surface area contributed by atoms with E-state index in [1.807, 2.05) is 6.07 Å². The molecule has 1 aromatic heterocycles. The number of hydrogen-bond donors (Lipinski definition) is 1. The van der Waals surface area contributed by atoms with Gasteiger partial charge in [-0.3, -0.25) is 4.79 Å². The lowest BCUT2D eigenvalue weighted by Gasteiger charge is -2.13. The van der Waals surface area contributed by atoms with Gasteiger partial charge < -0.3 is 5.11 Å². The molecule has 0 fully saturated rings. The lowest BCUT2D eigenvalue weighted by Crippen LogP contribution is -2.08. The summed E-state index contributed by atoms with van der Waals surface area (Å²) < 4.78 is 67.4. The van der Waals surface area contributed by atoms with Crippen molar-refractivity contribution in [1.29, 1.82) is 0 Å². The highest BCUT2D eigenvalue weighted by Gasteiger charge is 2.35. The number of aliphatic hydroxyl groups is 1. The van der Waals surface area contributed by atoms with E-state index in [1.54, 1.807) is 50.2 Å². The van der Waals surface area contributed by atoms with Gasteiger partial charge in [-0.25, -0.2) is 18.7 Å². The summed E-state index contributed by atoms with van der Waals surface area (Å²) in [7, 11) is 0. The van der Waals surface area contributed by atoms with Crippen molar-refractivity contribution in [3.8, 4) is 44.8 Å². The van der Waals surface area contributed by atoms with Crippen LogP contribution in [0.25, 0.3) is 44.8 Å². The Hall–Kier alpha value is -4.76. The van der Waals surface area contributed by atoms with E-state index in [9.17, 15) is 31.9 Å². The fraction of sp³-hybridized carbons (Fsp3) is 0.121. The fourth-order valence-electron chi connectivity index (χ4n) is 5.25. The number of alkyl halides is 3. The van der Waals surface area contributed by atoms with E-state index in [0.717, 1.165) is 23.3 Å². The number of rotatable bonds is 4. The zero-order valence-corrected chi connectivity index (χ0v) is 22.3. The normalized spacial score (nSPS) is 12.4. The molecule has 0 radical (unpaired) electrons. The lowest BCUT2D eigenvalue weighted by molar-refractivity contribution is -0.139. The topological polar surface area (TPSA) is 63.1 Å². The van der Waals surface area contributed by atoms with Crippen molar-refractivity contribution in [3.63, 3.8) is 0 Å². The number of ketones is 1. The fourth-order valence-corrected chi connectivity index (χ4v) is 5.25. The first kappa shape index (κ1) is 27.4. The zero-order chi connectivity index (χ0) is 29.9. The van der Waals surface area contributed by atoms with Crippen molar-refractivity contribution >= 4 is 5.78 Å². The van der Waals surface area contributed by atoms with E-state index < -0.39 is 23.3 Å². The van der Waals surface area contributed by atoms with Gasteiger partial charge in [-0.1, -0.05) is 36.4 Å². The van der Waals surface area contributed by atoms with Gasteiger partial charge in [0.25, 0.3) is 0 Å². The molecular formula is C33H21F5N2O2. The van der Waals surface area contributed by atoms with Crippen LogP contribution in [0.15, 0.2) is 72.8 Å². The number of carbonyl (C=O) groups excluding carboxylic acids is 1. The molecule has 210 valence electrons. The van der Waals surface area contributed by atoms with Crippen LogP contribution in [0.5, 0.6) is 0 Å². The van der Waals surface area contributed by atoms with E-state index >= 15 is 0 Å². The maximum atomic E-state index is 13.8. The van der Waals surface area contributed by atoms with E-state index in [0.29, 0.717) is 44.9 Å². The average Bonchev–Trinajstić information content (AvgIpc) is 3.23. The molecule has 0 unspecified atom stereocenters. The number of aromatic nitrogens is 2. The molecule has 4 aromatic carbocycles. The van der Waals surface area contributed by atoms with E-state index in [-0.39, 0.29) is 29.2 Å². The summed E-state index contributed by atoms with van der Waals surface area (Å²) in [5.41, 5.74) is 4.22. The first-order valence-electron chi connectivity index (χ1n) is 12.9. The van der Waals surface area contributed by atoms with Crippen LogP contribution < -0.4 is 0 Å². The van der Waals surface area contributed by atoms with Gasteiger partial charge >= 0.3 is 6.18 Å². The number of nitrogens with zero attached hydrogens (tertiary/aromatic N) is 2. The molecule has 1 heterocycles. The molecule has 0 bridgehead atoms. The molecular weight excluding hydrogens is 551 g/mol. The largest absolute Gasteiger partial charge is 0.419 e. The first-order valence-corrected chi connectivity index (χ1v) is 12.9. The first-order chi connectivity index (χ1) is 20.0. The van der Waals surface area contributed by atoms with Crippen molar-refractivity contribution in [2.24, 2.45) is 0 Å². The van der Waals surface area contributed by atoms with Crippen molar-refractivity contribution < 1.29 is 31.9 Å². The summed E-state index contributed by atoms with van der Waals surface area (Å²) in [6.45, 7) is 3.08. The predicted octanol–water partition coefficient (Wildman–Crippen LogP) is 8.10. The molecule has 1 aliphatic rings.